The molecular weight excluding hydrogens is 288 g/mol. The summed E-state index contributed by atoms with van der Waals surface area (Å²) < 4.78 is 0. The SMILES string of the molecule is C=C(COO)N(CCN(CC(=O)O)CC(=O)O)C(=C)OO. The first kappa shape index (κ1) is 18.9. The highest BCUT2D eigenvalue weighted by Crippen LogP contribution is 2.11. The van der Waals surface area contributed by atoms with Crippen LogP contribution >= 0.6 is 0 Å². The van der Waals surface area contributed by atoms with E-state index in [9.17, 15) is 9.59 Å². The van der Waals surface area contributed by atoms with E-state index in [1.165, 1.54) is 4.90 Å². The highest BCUT2D eigenvalue weighted by Gasteiger charge is 2.18. The van der Waals surface area contributed by atoms with E-state index in [1.54, 1.807) is 0 Å². The van der Waals surface area contributed by atoms with Gasteiger partial charge in [0.2, 0.25) is 5.88 Å². The minimum Gasteiger partial charge on any atom is -0.480 e. The van der Waals surface area contributed by atoms with Gasteiger partial charge in [0, 0.05) is 18.8 Å². The molecule has 0 aliphatic carbocycles. The average molecular weight is 306 g/mol. The number of rotatable bonds is 12. The molecule has 10 heteroatoms. The van der Waals surface area contributed by atoms with Gasteiger partial charge in [-0.2, -0.15) is 0 Å². The Morgan fingerprint density at radius 1 is 1.00 bits per heavy atom. The Morgan fingerprint density at radius 2 is 1.52 bits per heavy atom. The average Bonchev–Trinajstić information content (AvgIpc) is 2.37. The molecule has 0 aliphatic rings. The van der Waals surface area contributed by atoms with Crippen molar-refractivity contribution in [3.05, 3.63) is 24.7 Å². The number of nitrogens with zero attached hydrogens (tertiary/aromatic N) is 2. The molecule has 0 aliphatic heterocycles. The third-order valence-corrected chi connectivity index (χ3v) is 2.38. The topological polar surface area (TPSA) is 140 Å². The van der Waals surface area contributed by atoms with E-state index < -0.39 is 25.0 Å². The predicted molar refractivity (Wildman–Crippen MR) is 69.0 cm³/mol. The zero-order valence-corrected chi connectivity index (χ0v) is 11.3. The van der Waals surface area contributed by atoms with Gasteiger partial charge < -0.3 is 20.0 Å². The third kappa shape index (κ3) is 7.89. The van der Waals surface area contributed by atoms with E-state index in [4.69, 9.17) is 20.7 Å². The van der Waals surface area contributed by atoms with Crippen LogP contribution in [0, 0.1) is 0 Å². The summed E-state index contributed by atoms with van der Waals surface area (Å²) in [5.74, 6) is -2.60. The quantitative estimate of drug-likeness (QED) is 0.216. The number of carboxylic acid groups (broad SMARTS) is 2. The molecule has 0 aromatic rings. The third-order valence-electron chi connectivity index (χ3n) is 2.38. The molecule has 0 saturated carbocycles. The summed E-state index contributed by atoms with van der Waals surface area (Å²) in [6, 6.07) is 0. The second-order valence-corrected chi connectivity index (χ2v) is 3.97. The number of hydrogen-bond acceptors (Lipinski definition) is 8. The van der Waals surface area contributed by atoms with Crippen LogP contribution in [0.1, 0.15) is 0 Å². The molecular formula is C11H18N2O8. The van der Waals surface area contributed by atoms with Crippen molar-refractivity contribution < 1.29 is 40.1 Å². The molecule has 0 saturated heterocycles. The Balaban J connectivity index is 4.73. The molecule has 0 aromatic heterocycles. The first-order chi connectivity index (χ1) is 9.81. The normalized spacial score (nSPS) is 10.2. The molecule has 21 heavy (non-hydrogen) atoms. The lowest BCUT2D eigenvalue weighted by Crippen LogP contribution is -2.40. The second kappa shape index (κ2) is 9.72. The van der Waals surface area contributed by atoms with Gasteiger partial charge in [0.15, 0.2) is 0 Å². The van der Waals surface area contributed by atoms with E-state index in [0.717, 1.165) is 4.90 Å². The fourth-order valence-electron chi connectivity index (χ4n) is 1.50. The van der Waals surface area contributed by atoms with E-state index >= 15 is 0 Å². The van der Waals surface area contributed by atoms with Crippen LogP contribution in [0.25, 0.3) is 0 Å². The molecule has 0 atom stereocenters. The molecule has 0 spiro atoms. The van der Waals surface area contributed by atoms with Crippen LogP contribution in [0.3, 0.4) is 0 Å². The van der Waals surface area contributed by atoms with Gasteiger partial charge in [0.25, 0.3) is 0 Å². The van der Waals surface area contributed by atoms with Crippen molar-refractivity contribution in [1.29, 1.82) is 0 Å². The van der Waals surface area contributed by atoms with Gasteiger partial charge in [-0.25, -0.2) is 10.1 Å². The van der Waals surface area contributed by atoms with Crippen LogP contribution in [-0.2, 0) is 19.4 Å². The lowest BCUT2D eigenvalue weighted by Gasteiger charge is -2.27. The zero-order valence-electron chi connectivity index (χ0n) is 11.3. The van der Waals surface area contributed by atoms with Crippen LogP contribution in [0.4, 0.5) is 0 Å². The van der Waals surface area contributed by atoms with Crippen molar-refractivity contribution in [2.24, 2.45) is 0 Å². The van der Waals surface area contributed by atoms with Crippen LogP contribution in [0.5, 0.6) is 0 Å². The summed E-state index contributed by atoms with van der Waals surface area (Å²) in [6.07, 6.45) is 0. The van der Waals surface area contributed by atoms with Crippen LogP contribution < -0.4 is 0 Å². The van der Waals surface area contributed by atoms with Crippen molar-refractivity contribution in [3.8, 4) is 0 Å². The largest absolute Gasteiger partial charge is 0.480 e. The highest BCUT2D eigenvalue weighted by molar-refractivity contribution is 5.72. The van der Waals surface area contributed by atoms with Crippen LogP contribution in [-0.4, -0.2) is 75.3 Å². The van der Waals surface area contributed by atoms with E-state index in [1.807, 2.05) is 0 Å². The van der Waals surface area contributed by atoms with Gasteiger partial charge in [0.1, 0.15) is 6.61 Å². The Labute approximate surface area is 120 Å². The summed E-state index contributed by atoms with van der Waals surface area (Å²) in [6.45, 7) is 5.70. The van der Waals surface area contributed by atoms with E-state index in [2.05, 4.69) is 22.9 Å². The molecule has 0 bridgehead atoms. The molecule has 0 radical (unpaired) electrons. The summed E-state index contributed by atoms with van der Waals surface area (Å²) in [5.41, 5.74) is 0.169. The molecule has 4 N–H and O–H groups in total. The minimum absolute atomic E-state index is 0.00539. The van der Waals surface area contributed by atoms with Crippen molar-refractivity contribution >= 4 is 11.9 Å². The van der Waals surface area contributed by atoms with E-state index in [-0.39, 0.29) is 31.3 Å². The zero-order chi connectivity index (χ0) is 16.4. The first-order valence-corrected chi connectivity index (χ1v) is 5.69. The van der Waals surface area contributed by atoms with Gasteiger partial charge in [-0.3, -0.25) is 19.7 Å². The number of carboxylic acids is 2. The molecule has 0 heterocycles. The molecule has 0 unspecified atom stereocenters. The lowest BCUT2D eigenvalue weighted by atomic mass is 10.3. The maximum atomic E-state index is 10.7. The molecule has 0 aromatic carbocycles. The van der Waals surface area contributed by atoms with Gasteiger partial charge >= 0.3 is 11.9 Å². The highest BCUT2D eigenvalue weighted by atomic mass is 17.1. The Hall–Kier alpha value is -2.14. The summed E-state index contributed by atoms with van der Waals surface area (Å²) in [4.78, 5) is 31.5. The van der Waals surface area contributed by atoms with E-state index in [0.29, 0.717) is 0 Å². The Morgan fingerprint density at radius 3 is 1.90 bits per heavy atom. The molecule has 0 amide bonds. The van der Waals surface area contributed by atoms with Crippen molar-refractivity contribution in [3.63, 3.8) is 0 Å². The van der Waals surface area contributed by atoms with Crippen LogP contribution in [0.2, 0.25) is 0 Å². The summed E-state index contributed by atoms with van der Waals surface area (Å²) in [5, 5.41) is 34.4. The number of hydrogen-bond donors (Lipinski definition) is 4. The predicted octanol–water partition coefficient (Wildman–Crippen LogP) is -0.276. The van der Waals surface area contributed by atoms with Gasteiger partial charge in [-0.1, -0.05) is 6.58 Å². The molecule has 10 nitrogen and oxygen atoms in total. The number of carbonyl (C=O) groups is 2. The maximum absolute atomic E-state index is 10.7. The van der Waals surface area contributed by atoms with Crippen LogP contribution in [0.15, 0.2) is 24.7 Å². The molecule has 0 fully saturated rings. The standard InChI is InChI=1S/C11H18N2O8/c1-8(7-20-18)13(9(2)21-19)4-3-12(5-10(14)15)6-11(16)17/h18-19H,1-7H2,(H,14,15)(H,16,17). The second-order valence-electron chi connectivity index (χ2n) is 3.97. The fraction of sp³-hybridized carbons (Fsp3) is 0.455. The summed E-state index contributed by atoms with van der Waals surface area (Å²) in [7, 11) is 0. The van der Waals surface area contributed by atoms with Gasteiger partial charge in [-0.15, -0.1) is 0 Å². The smallest absolute Gasteiger partial charge is 0.317 e. The monoisotopic (exact) mass is 306 g/mol. The minimum atomic E-state index is -1.18. The molecule has 120 valence electrons. The first-order valence-electron chi connectivity index (χ1n) is 5.69. The van der Waals surface area contributed by atoms with Crippen molar-refractivity contribution in [2.75, 3.05) is 32.8 Å². The van der Waals surface area contributed by atoms with Crippen molar-refractivity contribution in [1.82, 2.24) is 9.80 Å². The summed E-state index contributed by atoms with van der Waals surface area (Å²) >= 11 is 0. The van der Waals surface area contributed by atoms with Gasteiger partial charge in [-0.05, 0) is 6.58 Å². The Bertz CT molecular complexity index is 382. The molecule has 0 rings (SSSR count). The fourth-order valence-corrected chi connectivity index (χ4v) is 1.50. The lowest BCUT2D eigenvalue weighted by molar-refractivity contribution is -0.243. The van der Waals surface area contributed by atoms with Crippen molar-refractivity contribution in [2.45, 2.75) is 0 Å². The number of aliphatic carboxylic acids is 2. The maximum Gasteiger partial charge on any atom is 0.317 e. The van der Waals surface area contributed by atoms with Gasteiger partial charge in [0.05, 0.1) is 13.1 Å². The Kier molecular flexibility index (Phi) is 8.73.